The monoisotopic (exact) mass is 478 g/mol. The number of hydrogen-bond donors (Lipinski definition) is 3. The Labute approximate surface area is 204 Å². The molecule has 0 radical (unpaired) electrons. The van der Waals surface area contributed by atoms with E-state index in [0.717, 1.165) is 22.3 Å². The largest absolute Gasteiger partial charge is 0.480 e. The molecule has 2 aliphatic rings. The first-order valence-electron chi connectivity index (χ1n) is 11.8. The number of benzene rings is 2. The summed E-state index contributed by atoms with van der Waals surface area (Å²) in [4.78, 5) is 36.2. The summed E-state index contributed by atoms with van der Waals surface area (Å²) in [6, 6.07) is 15.3. The second-order valence-electron chi connectivity index (χ2n) is 8.86. The van der Waals surface area contributed by atoms with Crippen molar-refractivity contribution in [1.29, 1.82) is 0 Å². The third-order valence-corrected chi connectivity index (χ3v) is 6.54. The van der Waals surface area contributed by atoms with Gasteiger partial charge < -0.3 is 25.2 Å². The molecule has 184 valence electrons. The summed E-state index contributed by atoms with van der Waals surface area (Å²) in [6.45, 7) is 4.18. The SMILES string of the molecule is C=CCCC(NC(=O)[C@@H]1CO[C@H](CNC(=O)OCC2c3ccccc3-c3ccccc32)C1)C(=O)O. The van der Waals surface area contributed by atoms with Crippen LogP contribution in [0.15, 0.2) is 61.2 Å². The zero-order chi connectivity index (χ0) is 24.8. The summed E-state index contributed by atoms with van der Waals surface area (Å²) < 4.78 is 11.2. The van der Waals surface area contributed by atoms with Gasteiger partial charge in [-0.15, -0.1) is 6.58 Å². The Bertz CT molecular complexity index is 1060. The van der Waals surface area contributed by atoms with Crippen molar-refractivity contribution in [2.24, 2.45) is 5.92 Å². The average Bonchev–Trinajstić information content (AvgIpc) is 3.47. The van der Waals surface area contributed by atoms with Crippen molar-refractivity contribution in [2.45, 2.75) is 37.3 Å². The normalized spacial score (nSPS) is 19.3. The van der Waals surface area contributed by atoms with Gasteiger partial charge in [0.25, 0.3) is 0 Å². The van der Waals surface area contributed by atoms with E-state index in [1.54, 1.807) is 6.08 Å². The molecule has 4 rings (SSSR count). The predicted molar refractivity (Wildman–Crippen MR) is 130 cm³/mol. The van der Waals surface area contributed by atoms with Crippen LogP contribution >= 0.6 is 0 Å². The Hall–Kier alpha value is -3.65. The lowest BCUT2D eigenvalue weighted by Crippen LogP contribution is -2.43. The van der Waals surface area contributed by atoms with Crippen molar-refractivity contribution in [3.8, 4) is 11.1 Å². The highest BCUT2D eigenvalue weighted by molar-refractivity contribution is 5.85. The summed E-state index contributed by atoms with van der Waals surface area (Å²) in [7, 11) is 0. The molecule has 1 saturated heterocycles. The zero-order valence-corrected chi connectivity index (χ0v) is 19.4. The minimum atomic E-state index is -1.08. The Balaban J connectivity index is 1.23. The van der Waals surface area contributed by atoms with Gasteiger partial charge in [0.1, 0.15) is 12.6 Å². The number of amides is 2. The van der Waals surface area contributed by atoms with E-state index >= 15 is 0 Å². The van der Waals surface area contributed by atoms with Gasteiger partial charge in [0.2, 0.25) is 5.91 Å². The van der Waals surface area contributed by atoms with Crippen molar-refractivity contribution >= 4 is 18.0 Å². The molecule has 8 heteroatoms. The number of carboxylic acid groups (broad SMARTS) is 1. The van der Waals surface area contributed by atoms with Crippen LogP contribution in [0.2, 0.25) is 0 Å². The highest BCUT2D eigenvalue weighted by atomic mass is 16.5. The van der Waals surface area contributed by atoms with E-state index in [1.165, 1.54) is 0 Å². The number of nitrogens with one attached hydrogen (secondary N) is 2. The lowest BCUT2D eigenvalue weighted by atomic mass is 9.98. The first-order valence-corrected chi connectivity index (χ1v) is 11.8. The summed E-state index contributed by atoms with van der Waals surface area (Å²) in [5.41, 5.74) is 4.61. The first-order chi connectivity index (χ1) is 17.0. The fraction of sp³-hybridized carbons (Fsp3) is 0.370. The molecule has 1 heterocycles. The topological polar surface area (TPSA) is 114 Å². The fourth-order valence-electron chi connectivity index (χ4n) is 4.71. The van der Waals surface area contributed by atoms with Crippen LogP contribution in [0.4, 0.5) is 4.79 Å². The molecule has 1 aliphatic carbocycles. The molecule has 0 bridgehead atoms. The number of ether oxygens (including phenoxy) is 2. The molecular formula is C27H30N2O6. The number of carbonyl (C=O) groups is 3. The first kappa shape index (κ1) is 24.5. The van der Waals surface area contributed by atoms with Crippen LogP contribution in [-0.4, -0.2) is 55.0 Å². The van der Waals surface area contributed by atoms with Crippen molar-refractivity contribution in [2.75, 3.05) is 19.8 Å². The van der Waals surface area contributed by atoms with Gasteiger partial charge in [0, 0.05) is 12.5 Å². The summed E-state index contributed by atoms with van der Waals surface area (Å²) >= 11 is 0. The maximum atomic E-state index is 12.5. The zero-order valence-electron chi connectivity index (χ0n) is 19.4. The number of rotatable bonds is 10. The average molecular weight is 479 g/mol. The lowest BCUT2D eigenvalue weighted by Gasteiger charge is -2.16. The standard InChI is InChI=1S/C27H30N2O6/c1-2-3-12-24(26(31)32)29-25(30)17-13-18(34-15-17)14-28-27(33)35-16-23-21-10-6-4-8-19(21)20-9-5-7-11-22(20)23/h2,4-11,17-18,23-24H,1,3,12-16H2,(H,28,33)(H,29,30)(H,31,32)/t17-,18-,24?/m0/s1. The molecule has 0 aromatic heterocycles. The molecule has 1 unspecified atom stereocenters. The highest BCUT2D eigenvalue weighted by Crippen LogP contribution is 2.44. The van der Waals surface area contributed by atoms with E-state index in [0.29, 0.717) is 12.8 Å². The van der Waals surface area contributed by atoms with Gasteiger partial charge in [-0.2, -0.15) is 0 Å². The third kappa shape index (κ3) is 5.71. The molecule has 2 amide bonds. The fourth-order valence-corrected chi connectivity index (χ4v) is 4.71. The van der Waals surface area contributed by atoms with Crippen LogP contribution in [0.25, 0.3) is 11.1 Å². The lowest BCUT2D eigenvalue weighted by molar-refractivity contribution is -0.142. The van der Waals surface area contributed by atoms with Crippen LogP contribution in [0, 0.1) is 5.92 Å². The van der Waals surface area contributed by atoms with Crippen LogP contribution in [0.5, 0.6) is 0 Å². The molecule has 1 aliphatic heterocycles. The number of hydrogen-bond acceptors (Lipinski definition) is 5. The quantitative estimate of drug-likeness (QED) is 0.451. The van der Waals surface area contributed by atoms with Crippen molar-refractivity contribution in [3.63, 3.8) is 0 Å². The molecule has 1 fully saturated rings. The van der Waals surface area contributed by atoms with Gasteiger partial charge in [-0.3, -0.25) is 4.79 Å². The van der Waals surface area contributed by atoms with Gasteiger partial charge in [0.15, 0.2) is 0 Å². The van der Waals surface area contributed by atoms with Crippen molar-refractivity contribution in [1.82, 2.24) is 10.6 Å². The molecule has 0 saturated carbocycles. The van der Waals surface area contributed by atoms with Crippen LogP contribution in [0.3, 0.4) is 0 Å². The summed E-state index contributed by atoms with van der Waals surface area (Å²) in [5.74, 6) is -1.92. The molecule has 3 atom stereocenters. The molecule has 8 nitrogen and oxygen atoms in total. The van der Waals surface area contributed by atoms with Gasteiger partial charge in [-0.1, -0.05) is 54.6 Å². The molecular weight excluding hydrogens is 448 g/mol. The number of fused-ring (bicyclic) bond motifs is 3. The predicted octanol–water partition coefficient (Wildman–Crippen LogP) is 3.47. The summed E-state index contributed by atoms with van der Waals surface area (Å²) in [6.07, 6.45) is 1.90. The highest BCUT2D eigenvalue weighted by Gasteiger charge is 2.33. The van der Waals surface area contributed by atoms with Crippen molar-refractivity contribution in [3.05, 3.63) is 72.3 Å². The van der Waals surface area contributed by atoms with Gasteiger partial charge in [-0.25, -0.2) is 9.59 Å². The van der Waals surface area contributed by atoms with E-state index in [4.69, 9.17) is 9.47 Å². The molecule has 0 spiro atoms. The number of carboxylic acids is 1. The minimum Gasteiger partial charge on any atom is -0.480 e. The van der Waals surface area contributed by atoms with E-state index < -0.39 is 24.0 Å². The Morgan fingerprint density at radius 2 is 1.77 bits per heavy atom. The number of alkyl carbamates (subject to hydrolysis) is 1. The van der Waals surface area contributed by atoms with Gasteiger partial charge in [0.05, 0.1) is 18.6 Å². The molecule has 3 N–H and O–H groups in total. The van der Waals surface area contributed by atoms with E-state index in [2.05, 4.69) is 41.5 Å². The smallest absolute Gasteiger partial charge is 0.407 e. The van der Waals surface area contributed by atoms with Gasteiger partial charge >= 0.3 is 12.1 Å². The molecule has 2 aromatic rings. The van der Waals surface area contributed by atoms with Gasteiger partial charge in [-0.05, 0) is 41.5 Å². The second kappa shape index (κ2) is 11.2. The van der Waals surface area contributed by atoms with Crippen LogP contribution in [-0.2, 0) is 19.1 Å². The minimum absolute atomic E-state index is 0.0211. The van der Waals surface area contributed by atoms with E-state index in [1.807, 2.05) is 24.3 Å². The molecule has 2 aromatic carbocycles. The molecule has 35 heavy (non-hydrogen) atoms. The number of aliphatic carboxylic acids is 1. The Morgan fingerprint density at radius 1 is 1.11 bits per heavy atom. The number of allylic oxidation sites excluding steroid dienone is 1. The maximum absolute atomic E-state index is 12.5. The maximum Gasteiger partial charge on any atom is 0.407 e. The second-order valence-corrected chi connectivity index (χ2v) is 8.86. The number of carbonyl (C=O) groups excluding carboxylic acids is 2. The van der Waals surface area contributed by atoms with E-state index in [-0.39, 0.29) is 44.1 Å². The third-order valence-electron chi connectivity index (χ3n) is 6.54. The Morgan fingerprint density at radius 3 is 2.40 bits per heavy atom. The van der Waals surface area contributed by atoms with Crippen LogP contribution < -0.4 is 10.6 Å². The Kier molecular flexibility index (Phi) is 7.82. The van der Waals surface area contributed by atoms with E-state index in [9.17, 15) is 19.5 Å². The van der Waals surface area contributed by atoms with Crippen molar-refractivity contribution < 1.29 is 29.0 Å². The summed E-state index contributed by atoms with van der Waals surface area (Å²) in [5, 5.41) is 14.6. The van der Waals surface area contributed by atoms with Crippen LogP contribution in [0.1, 0.15) is 36.3 Å².